The van der Waals surface area contributed by atoms with Gasteiger partial charge in [0.2, 0.25) is 0 Å². The first-order chi connectivity index (χ1) is 31.5. The molecule has 0 aromatic heterocycles. The number of esters is 2. The van der Waals surface area contributed by atoms with Gasteiger partial charge in [-0.2, -0.15) is 0 Å². The maximum atomic E-state index is 12.8. The monoisotopic (exact) mass is 943 g/mol. The van der Waals surface area contributed by atoms with Gasteiger partial charge in [0.05, 0.1) is 27.7 Å². The highest BCUT2D eigenvalue weighted by atomic mass is 31.2. The molecule has 2 atom stereocenters. The fourth-order valence-corrected chi connectivity index (χ4v) is 8.93. The van der Waals surface area contributed by atoms with Crippen molar-refractivity contribution in [2.24, 2.45) is 0 Å². The van der Waals surface area contributed by atoms with E-state index in [-0.39, 0.29) is 25.6 Å². The van der Waals surface area contributed by atoms with E-state index in [0.717, 1.165) is 38.5 Å². The van der Waals surface area contributed by atoms with Gasteiger partial charge in [0, 0.05) is 12.8 Å². The van der Waals surface area contributed by atoms with Crippen LogP contribution in [0.2, 0.25) is 0 Å². The number of carbonyl (C=O) groups is 2. The highest BCUT2D eigenvalue weighted by molar-refractivity contribution is 7.47. The number of nitrogens with zero attached hydrogens (tertiary/aromatic N) is 1. The van der Waals surface area contributed by atoms with Crippen molar-refractivity contribution < 1.29 is 42.1 Å². The van der Waals surface area contributed by atoms with E-state index in [4.69, 9.17) is 18.5 Å². The summed E-state index contributed by atoms with van der Waals surface area (Å²) in [6.07, 6.45) is 54.1. The summed E-state index contributed by atoms with van der Waals surface area (Å²) < 4.78 is 34.5. The molecule has 0 saturated carbocycles. The third-order valence-electron chi connectivity index (χ3n) is 12.5. The molecule has 1 unspecified atom stereocenters. The molecule has 0 amide bonds. The summed E-state index contributed by atoms with van der Waals surface area (Å²) in [5, 5.41) is 0. The molecule has 0 spiro atoms. The van der Waals surface area contributed by atoms with E-state index in [2.05, 4.69) is 26.0 Å². The molecular formula is C55H109NO8P+. The maximum Gasteiger partial charge on any atom is 0.472 e. The number of unbranched alkanes of at least 4 members (excludes halogenated alkanes) is 36. The van der Waals surface area contributed by atoms with Crippen molar-refractivity contribution in [3.63, 3.8) is 0 Å². The molecule has 0 aromatic rings. The lowest BCUT2D eigenvalue weighted by atomic mass is 10.0. The quantitative estimate of drug-likeness (QED) is 0.0211. The van der Waals surface area contributed by atoms with Gasteiger partial charge in [-0.1, -0.05) is 238 Å². The van der Waals surface area contributed by atoms with Crippen LogP contribution in [0.25, 0.3) is 0 Å². The summed E-state index contributed by atoms with van der Waals surface area (Å²) in [7, 11) is 1.49. The minimum atomic E-state index is -4.38. The minimum absolute atomic E-state index is 0.0352. The van der Waals surface area contributed by atoms with Crippen molar-refractivity contribution in [1.82, 2.24) is 0 Å². The summed E-state index contributed by atoms with van der Waals surface area (Å²) in [4.78, 5) is 35.6. The third kappa shape index (κ3) is 52.0. The summed E-state index contributed by atoms with van der Waals surface area (Å²) in [6.45, 7) is 4.48. The van der Waals surface area contributed by atoms with Crippen LogP contribution < -0.4 is 0 Å². The smallest absolute Gasteiger partial charge is 0.462 e. The van der Waals surface area contributed by atoms with Gasteiger partial charge in [0.25, 0.3) is 0 Å². The second-order valence-electron chi connectivity index (χ2n) is 20.3. The average Bonchev–Trinajstić information content (AvgIpc) is 3.26. The Morgan fingerprint density at radius 3 is 1.14 bits per heavy atom. The van der Waals surface area contributed by atoms with Crippen molar-refractivity contribution in [2.75, 3.05) is 47.5 Å². The fourth-order valence-electron chi connectivity index (χ4n) is 8.19. The first-order valence-corrected chi connectivity index (χ1v) is 29.4. The Kier molecular flexibility index (Phi) is 46.9. The molecule has 0 bridgehead atoms. The normalized spacial score (nSPS) is 13.4. The van der Waals surface area contributed by atoms with Gasteiger partial charge < -0.3 is 18.9 Å². The van der Waals surface area contributed by atoms with Crippen LogP contribution in [0.4, 0.5) is 0 Å². The average molecular weight is 943 g/mol. The van der Waals surface area contributed by atoms with Crippen molar-refractivity contribution in [2.45, 2.75) is 283 Å². The van der Waals surface area contributed by atoms with Gasteiger partial charge in [-0.25, -0.2) is 4.57 Å². The Hall–Kier alpha value is -1.25. The molecule has 0 heterocycles. The number of ether oxygens (including phenoxy) is 2. The van der Waals surface area contributed by atoms with E-state index >= 15 is 0 Å². The SMILES string of the molecule is CCCCCCCC/C=C/CCCCCCCCCCCC(=O)OC[C@H](COP(=O)(O)OCC[N+](C)(C)C)OC(=O)CCCCCCCCCCCCCCCCCCCCCCCC. The van der Waals surface area contributed by atoms with Crippen LogP contribution in [0.3, 0.4) is 0 Å². The summed E-state index contributed by atoms with van der Waals surface area (Å²) in [6, 6.07) is 0. The number of hydrogen-bond donors (Lipinski definition) is 1. The molecule has 0 radical (unpaired) electrons. The molecular weight excluding hydrogens is 834 g/mol. The fraction of sp³-hybridized carbons (Fsp3) is 0.927. The molecule has 0 fully saturated rings. The second kappa shape index (κ2) is 47.8. The lowest BCUT2D eigenvalue weighted by Crippen LogP contribution is -2.37. The molecule has 0 aromatic carbocycles. The first-order valence-electron chi connectivity index (χ1n) is 27.9. The summed E-state index contributed by atoms with van der Waals surface area (Å²) in [5.41, 5.74) is 0. The Bertz CT molecular complexity index is 1110. The zero-order chi connectivity index (χ0) is 47.8. The molecule has 0 rings (SSSR count). The van der Waals surface area contributed by atoms with Gasteiger partial charge >= 0.3 is 19.8 Å². The van der Waals surface area contributed by atoms with Gasteiger partial charge in [0.1, 0.15) is 19.8 Å². The number of carbonyl (C=O) groups excluding carboxylic acids is 2. The van der Waals surface area contributed by atoms with Crippen molar-refractivity contribution in [3.05, 3.63) is 12.2 Å². The highest BCUT2D eigenvalue weighted by Gasteiger charge is 2.27. The van der Waals surface area contributed by atoms with Crippen LogP contribution in [0, 0.1) is 0 Å². The van der Waals surface area contributed by atoms with E-state index < -0.39 is 26.5 Å². The molecule has 0 aliphatic heterocycles. The lowest BCUT2D eigenvalue weighted by Gasteiger charge is -2.24. The molecule has 0 saturated heterocycles. The molecule has 10 heteroatoms. The Labute approximate surface area is 403 Å². The predicted octanol–water partition coefficient (Wildman–Crippen LogP) is 16.9. The first kappa shape index (κ1) is 63.8. The van der Waals surface area contributed by atoms with Crippen LogP contribution in [-0.4, -0.2) is 74.9 Å². The number of phosphoric acid groups is 1. The number of rotatable bonds is 52. The molecule has 0 aliphatic carbocycles. The Morgan fingerprint density at radius 1 is 0.462 bits per heavy atom. The van der Waals surface area contributed by atoms with Crippen LogP contribution >= 0.6 is 7.82 Å². The molecule has 1 N–H and O–H groups in total. The molecule has 65 heavy (non-hydrogen) atoms. The minimum Gasteiger partial charge on any atom is -0.462 e. The number of allylic oxidation sites excluding steroid dienone is 2. The van der Waals surface area contributed by atoms with E-state index in [1.165, 1.54) is 212 Å². The van der Waals surface area contributed by atoms with Crippen molar-refractivity contribution >= 4 is 19.8 Å². The number of quaternary nitrogens is 1. The van der Waals surface area contributed by atoms with Crippen molar-refractivity contribution in [3.8, 4) is 0 Å². The predicted molar refractivity (Wildman–Crippen MR) is 275 cm³/mol. The van der Waals surface area contributed by atoms with Crippen molar-refractivity contribution in [1.29, 1.82) is 0 Å². The largest absolute Gasteiger partial charge is 0.472 e. The Balaban J connectivity index is 4.16. The standard InChI is InChI=1S/C55H108NO8P/c1-6-8-10-12-14-16-18-20-22-24-26-27-28-30-32-34-36-38-40-42-44-46-48-55(58)64-53(52-63-65(59,60)62-50-49-56(3,4)5)51-61-54(57)47-45-43-41-39-37-35-33-31-29-25-23-21-19-17-15-13-11-9-7-2/h21,23,53H,6-20,22,24-52H2,1-5H3/p+1/b23-21+/t53-/m1/s1. The number of likely N-dealkylation sites (N-methyl/N-ethyl adjacent to an activating group) is 1. The van der Waals surface area contributed by atoms with Crippen LogP contribution in [0.1, 0.15) is 277 Å². The van der Waals surface area contributed by atoms with Crippen LogP contribution in [-0.2, 0) is 32.7 Å². The van der Waals surface area contributed by atoms with Crippen LogP contribution in [0.5, 0.6) is 0 Å². The van der Waals surface area contributed by atoms with Gasteiger partial charge in [0.15, 0.2) is 6.10 Å². The third-order valence-corrected chi connectivity index (χ3v) is 13.5. The Morgan fingerprint density at radius 2 is 0.785 bits per heavy atom. The topological polar surface area (TPSA) is 108 Å². The van der Waals surface area contributed by atoms with Gasteiger partial charge in [-0.05, 0) is 38.5 Å². The highest BCUT2D eigenvalue weighted by Crippen LogP contribution is 2.43. The van der Waals surface area contributed by atoms with E-state index in [9.17, 15) is 19.0 Å². The lowest BCUT2D eigenvalue weighted by molar-refractivity contribution is -0.870. The van der Waals surface area contributed by atoms with E-state index in [1.54, 1.807) is 0 Å². The number of hydrogen-bond acceptors (Lipinski definition) is 7. The van der Waals surface area contributed by atoms with Crippen LogP contribution in [0.15, 0.2) is 12.2 Å². The molecule has 0 aliphatic rings. The summed E-state index contributed by atoms with van der Waals surface area (Å²) in [5.74, 6) is -0.782. The molecule has 9 nitrogen and oxygen atoms in total. The van der Waals surface area contributed by atoms with E-state index in [1.807, 2.05) is 21.1 Å². The maximum absolute atomic E-state index is 12.8. The number of phosphoric ester groups is 1. The molecule has 386 valence electrons. The second-order valence-corrected chi connectivity index (χ2v) is 21.8. The van der Waals surface area contributed by atoms with Gasteiger partial charge in [-0.3, -0.25) is 18.6 Å². The zero-order valence-electron chi connectivity index (χ0n) is 43.8. The van der Waals surface area contributed by atoms with Gasteiger partial charge in [-0.15, -0.1) is 0 Å². The zero-order valence-corrected chi connectivity index (χ0v) is 44.6. The summed E-state index contributed by atoms with van der Waals surface area (Å²) >= 11 is 0. The van der Waals surface area contributed by atoms with E-state index in [0.29, 0.717) is 17.4 Å².